The van der Waals surface area contributed by atoms with E-state index in [0.29, 0.717) is 0 Å². The smallest absolute Gasteiger partial charge is 0.0702 e. The number of pyridine rings is 1. The monoisotopic (exact) mass is 247 g/mol. The fourth-order valence-corrected chi connectivity index (χ4v) is 1.55. The van der Waals surface area contributed by atoms with Crippen LogP contribution in [-0.4, -0.2) is 10.3 Å². The Morgan fingerprint density at radius 2 is 2.14 bits per heavy atom. The summed E-state index contributed by atoms with van der Waals surface area (Å²) in [5, 5.41) is 2.06. The first kappa shape index (κ1) is 9.41. The maximum atomic E-state index is 4.37. The zero-order valence-electron chi connectivity index (χ0n) is 7.65. The Morgan fingerprint density at radius 1 is 1.29 bits per heavy atom. The summed E-state index contributed by atoms with van der Waals surface area (Å²) >= 11 is 3.35. The maximum absolute atomic E-state index is 4.37. The minimum absolute atomic E-state index is 0.875. The summed E-state index contributed by atoms with van der Waals surface area (Å²) in [5.41, 5.74) is 2.19. The highest BCUT2D eigenvalue weighted by Crippen LogP contribution is 2.13. The van der Waals surface area contributed by atoms with E-state index in [-0.39, 0.29) is 0 Å². The van der Waals surface area contributed by atoms with Crippen LogP contribution in [0.5, 0.6) is 0 Å². The van der Waals surface area contributed by atoms with Crippen LogP contribution in [0.2, 0.25) is 0 Å². The molecule has 2 aromatic rings. The molecule has 0 saturated heterocycles. The van der Waals surface area contributed by atoms with Gasteiger partial charge in [-0.1, -0.05) is 46.3 Å². The SMILES string of the molecule is BrCC=Cc1cnc2ccccc2c1. The summed E-state index contributed by atoms with van der Waals surface area (Å²) in [7, 11) is 0. The van der Waals surface area contributed by atoms with E-state index >= 15 is 0 Å². The Hall–Kier alpha value is -1.15. The van der Waals surface area contributed by atoms with Gasteiger partial charge in [-0.2, -0.15) is 0 Å². The molecule has 1 aromatic carbocycles. The Balaban J connectivity index is 2.46. The van der Waals surface area contributed by atoms with E-state index < -0.39 is 0 Å². The van der Waals surface area contributed by atoms with Crippen molar-refractivity contribution < 1.29 is 0 Å². The number of para-hydroxylation sites is 1. The molecule has 0 aliphatic carbocycles. The third kappa shape index (κ3) is 2.02. The van der Waals surface area contributed by atoms with Gasteiger partial charge in [-0.3, -0.25) is 4.98 Å². The molecule has 0 bridgehead atoms. The minimum Gasteiger partial charge on any atom is -0.256 e. The molecule has 14 heavy (non-hydrogen) atoms. The number of rotatable bonds is 2. The molecule has 0 unspecified atom stereocenters. The molecule has 1 heterocycles. The van der Waals surface area contributed by atoms with E-state index in [1.54, 1.807) is 0 Å². The summed E-state index contributed by atoms with van der Waals surface area (Å²) in [6.07, 6.45) is 6.02. The van der Waals surface area contributed by atoms with Crippen molar-refractivity contribution in [2.45, 2.75) is 0 Å². The van der Waals surface area contributed by atoms with Crippen LogP contribution in [0.3, 0.4) is 0 Å². The van der Waals surface area contributed by atoms with Crippen molar-refractivity contribution in [3.8, 4) is 0 Å². The van der Waals surface area contributed by atoms with Crippen molar-refractivity contribution >= 4 is 32.9 Å². The Morgan fingerprint density at radius 3 is 3.00 bits per heavy atom. The summed E-state index contributed by atoms with van der Waals surface area (Å²) < 4.78 is 0. The number of nitrogens with zero attached hydrogens (tertiary/aromatic N) is 1. The first-order chi connectivity index (χ1) is 6.90. The predicted octanol–water partition coefficient (Wildman–Crippen LogP) is 3.64. The number of fused-ring (bicyclic) bond motifs is 1. The topological polar surface area (TPSA) is 12.9 Å². The third-order valence-corrected chi connectivity index (χ3v) is 2.38. The van der Waals surface area contributed by atoms with Gasteiger partial charge in [-0.15, -0.1) is 0 Å². The Bertz CT molecular complexity index is 463. The maximum Gasteiger partial charge on any atom is 0.0702 e. The van der Waals surface area contributed by atoms with E-state index in [4.69, 9.17) is 0 Å². The fraction of sp³-hybridized carbons (Fsp3) is 0.0833. The molecular weight excluding hydrogens is 238 g/mol. The standard InChI is InChI=1S/C12H10BrN/c13-7-3-4-10-8-11-5-1-2-6-12(11)14-9-10/h1-6,8-9H,7H2. The largest absolute Gasteiger partial charge is 0.256 e. The first-order valence-electron chi connectivity index (χ1n) is 4.47. The number of hydrogen-bond donors (Lipinski definition) is 0. The van der Waals surface area contributed by atoms with Gasteiger partial charge in [0.2, 0.25) is 0 Å². The van der Waals surface area contributed by atoms with Gasteiger partial charge in [0.15, 0.2) is 0 Å². The number of benzene rings is 1. The fourth-order valence-electron chi connectivity index (χ4n) is 1.36. The van der Waals surface area contributed by atoms with Crippen LogP contribution in [-0.2, 0) is 0 Å². The van der Waals surface area contributed by atoms with Gasteiger partial charge < -0.3 is 0 Å². The lowest BCUT2D eigenvalue weighted by Gasteiger charge is -1.97. The van der Waals surface area contributed by atoms with Crippen molar-refractivity contribution in [3.63, 3.8) is 0 Å². The number of allylic oxidation sites excluding steroid dienone is 1. The van der Waals surface area contributed by atoms with Crippen molar-refractivity contribution in [1.29, 1.82) is 0 Å². The lowest BCUT2D eigenvalue weighted by molar-refractivity contribution is 1.40. The predicted molar refractivity (Wildman–Crippen MR) is 64.6 cm³/mol. The van der Waals surface area contributed by atoms with E-state index in [0.717, 1.165) is 16.4 Å². The van der Waals surface area contributed by atoms with Gasteiger partial charge in [0.05, 0.1) is 5.52 Å². The van der Waals surface area contributed by atoms with Gasteiger partial charge in [-0.05, 0) is 17.7 Å². The lowest BCUT2D eigenvalue weighted by Crippen LogP contribution is -1.80. The Kier molecular flexibility index (Phi) is 2.94. The molecule has 0 atom stereocenters. The number of alkyl halides is 1. The molecule has 0 fully saturated rings. The van der Waals surface area contributed by atoms with Crippen LogP contribution in [0.4, 0.5) is 0 Å². The molecule has 2 rings (SSSR count). The molecule has 0 aliphatic rings. The molecule has 0 saturated carbocycles. The van der Waals surface area contributed by atoms with E-state index in [1.165, 1.54) is 5.39 Å². The summed E-state index contributed by atoms with van der Waals surface area (Å²) in [5.74, 6) is 0. The van der Waals surface area contributed by atoms with Crippen LogP contribution in [0, 0.1) is 0 Å². The van der Waals surface area contributed by atoms with Crippen molar-refractivity contribution in [1.82, 2.24) is 4.98 Å². The van der Waals surface area contributed by atoms with Crippen molar-refractivity contribution in [2.75, 3.05) is 5.33 Å². The summed E-state index contributed by atoms with van der Waals surface area (Å²) in [6.45, 7) is 0. The highest BCUT2D eigenvalue weighted by molar-refractivity contribution is 9.09. The second kappa shape index (κ2) is 4.38. The quantitative estimate of drug-likeness (QED) is 0.739. The molecule has 0 radical (unpaired) electrons. The van der Waals surface area contributed by atoms with Crippen LogP contribution in [0.1, 0.15) is 5.56 Å². The van der Waals surface area contributed by atoms with Crippen LogP contribution >= 0.6 is 15.9 Å². The first-order valence-corrected chi connectivity index (χ1v) is 5.59. The zero-order chi connectivity index (χ0) is 9.80. The molecule has 1 nitrogen and oxygen atoms in total. The summed E-state index contributed by atoms with van der Waals surface area (Å²) in [4.78, 5) is 4.37. The summed E-state index contributed by atoms with van der Waals surface area (Å²) in [6, 6.07) is 10.3. The molecule has 0 amide bonds. The molecular formula is C12H10BrN. The zero-order valence-corrected chi connectivity index (χ0v) is 9.24. The van der Waals surface area contributed by atoms with Gasteiger partial charge in [0, 0.05) is 16.9 Å². The van der Waals surface area contributed by atoms with Gasteiger partial charge in [-0.25, -0.2) is 0 Å². The van der Waals surface area contributed by atoms with E-state index in [2.05, 4.69) is 45.2 Å². The molecule has 0 spiro atoms. The normalized spacial score (nSPS) is 11.2. The average molecular weight is 248 g/mol. The van der Waals surface area contributed by atoms with Crippen molar-refractivity contribution in [3.05, 3.63) is 48.2 Å². The highest BCUT2D eigenvalue weighted by atomic mass is 79.9. The molecule has 1 aromatic heterocycles. The second-order valence-corrected chi connectivity index (χ2v) is 3.67. The molecule has 2 heteroatoms. The van der Waals surface area contributed by atoms with Crippen LogP contribution in [0.15, 0.2) is 42.6 Å². The molecule has 0 N–H and O–H groups in total. The highest BCUT2D eigenvalue weighted by Gasteiger charge is 1.93. The molecule has 70 valence electrons. The molecule has 0 aliphatic heterocycles. The van der Waals surface area contributed by atoms with Crippen LogP contribution < -0.4 is 0 Å². The van der Waals surface area contributed by atoms with E-state index in [1.807, 2.05) is 24.4 Å². The van der Waals surface area contributed by atoms with E-state index in [9.17, 15) is 0 Å². The van der Waals surface area contributed by atoms with Gasteiger partial charge >= 0.3 is 0 Å². The number of halogens is 1. The third-order valence-electron chi connectivity index (χ3n) is 2.01. The average Bonchev–Trinajstić information content (AvgIpc) is 2.26. The van der Waals surface area contributed by atoms with Crippen LogP contribution in [0.25, 0.3) is 17.0 Å². The number of hydrogen-bond acceptors (Lipinski definition) is 1. The number of aromatic nitrogens is 1. The van der Waals surface area contributed by atoms with Crippen molar-refractivity contribution in [2.24, 2.45) is 0 Å². The second-order valence-electron chi connectivity index (χ2n) is 3.02. The lowest BCUT2D eigenvalue weighted by atomic mass is 10.1. The van der Waals surface area contributed by atoms with Gasteiger partial charge in [0.1, 0.15) is 0 Å². The van der Waals surface area contributed by atoms with Gasteiger partial charge in [0.25, 0.3) is 0 Å². The minimum atomic E-state index is 0.875. The Labute approximate surface area is 91.6 Å².